The highest BCUT2D eigenvalue weighted by Gasteiger charge is 2.08. The maximum atomic E-state index is 8.84. The van der Waals surface area contributed by atoms with E-state index in [0.29, 0.717) is 5.56 Å². The summed E-state index contributed by atoms with van der Waals surface area (Å²) in [4.78, 5) is 2.27. The van der Waals surface area contributed by atoms with Crippen LogP contribution in [0.2, 0.25) is 0 Å². The lowest BCUT2D eigenvalue weighted by Gasteiger charge is -2.29. The van der Waals surface area contributed by atoms with Crippen LogP contribution >= 0.6 is 0 Å². The molecule has 1 saturated heterocycles. The average molecular weight is 239 g/mol. The van der Waals surface area contributed by atoms with Crippen LogP contribution < -0.4 is 5.32 Å². The molecule has 0 bridgehead atoms. The Kier molecular flexibility index (Phi) is 4.16. The summed E-state index contributed by atoms with van der Waals surface area (Å²) in [5.41, 5.74) is 2.74. The number of hydrogen-bond acceptors (Lipinski definition) is 3. The van der Waals surface area contributed by atoms with Gasteiger partial charge >= 0.3 is 0 Å². The molecule has 1 aliphatic heterocycles. The summed E-state index contributed by atoms with van der Waals surface area (Å²) in [5, 5.41) is 12.2. The third-order valence-corrected chi connectivity index (χ3v) is 3.01. The third-order valence-electron chi connectivity index (χ3n) is 3.01. The van der Waals surface area contributed by atoms with Gasteiger partial charge < -0.3 is 10.2 Å². The highest BCUT2D eigenvalue weighted by Crippen LogP contribution is 2.10. The average Bonchev–Trinajstić information content (AvgIpc) is 2.46. The number of nitrogens with one attached hydrogen (secondary N) is 1. The van der Waals surface area contributed by atoms with E-state index in [4.69, 9.17) is 5.26 Å². The van der Waals surface area contributed by atoms with E-state index < -0.39 is 0 Å². The fourth-order valence-electron chi connectivity index (χ4n) is 1.96. The van der Waals surface area contributed by atoms with Crippen LogP contribution in [0, 0.1) is 11.3 Å². The van der Waals surface area contributed by atoms with Crippen LogP contribution in [-0.2, 0) is 0 Å². The lowest BCUT2D eigenvalue weighted by molar-refractivity contribution is 0.308. The lowest BCUT2D eigenvalue weighted by atomic mass is 10.1. The van der Waals surface area contributed by atoms with Crippen LogP contribution in [0.25, 0.3) is 6.08 Å². The summed E-state index contributed by atoms with van der Waals surface area (Å²) in [6, 6.07) is 9.71. The largest absolute Gasteiger partial charge is 0.369 e. The minimum Gasteiger partial charge on any atom is -0.369 e. The van der Waals surface area contributed by atoms with Gasteiger partial charge in [0.2, 0.25) is 0 Å². The summed E-state index contributed by atoms with van der Waals surface area (Å²) < 4.78 is 0. The highest BCUT2D eigenvalue weighted by atomic mass is 15.2. The topological polar surface area (TPSA) is 39.1 Å². The molecule has 0 atom stereocenters. The number of benzene rings is 1. The third kappa shape index (κ3) is 3.22. The molecule has 1 N–H and O–H groups in total. The van der Waals surface area contributed by atoms with Crippen molar-refractivity contribution in [2.24, 2.45) is 0 Å². The van der Waals surface area contributed by atoms with Gasteiger partial charge in [0.05, 0.1) is 11.6 Å². The van der Waals surface area contributed by atoms with Gasteiger partial charge in [-0.25, -0.2) is 0 Å². The number of piperazine rings is 1. The summed E-state index contributed by atoms with van der Waals surface area (Å²) in [7, 11) is 0. The minimum absolute atomic E-state index is 0.685. The maximum absolute atomic E-state index is 8.84. The molecular weight excluding hydrogens is 222 g/mol. The molecule has 1 aromatic rings. The molecule has 1 fully saturated rings. The van der Waals surface area contributed by atoms with Gasteiger partial charge in [0, 0.05) is 31.9 Å². The van der Waals surface area contributed by atoms with Crippen LogP contribution in [0.15, 0.2) is 42.6 Å². The van der Waals surface area contributed by atoms with E-state index in [-0.39, 0.29) is 0 Å². The SMILES string of the molecule is C=C(/C=C/c1cccc(C#N)c1)N1CCNCC1. The molecule has 1 aromatic carbocycles. The molecule has 0 amide bonds. The molecule has 18 heavy (non-hydrogen) atoms. The van der Waals surface area contributed by atoms with Gasteiger partial charge in [-0.2, -0.15) is 5.26 Å². The lowest BCUT2D eigenvalue weighted by Crippen LogP contribution is -2.42. The molecule has 0 saturated carbocycles. The Morgan fingerprint density at radius 2 is 2.17 bits per heavy atom. The first-order chi connectivity index (χ1) is 8.79. The summed E-state index contributed by atoms with van der Waals surface area (Å²) >= 11 is 0. The zero-order chi connectivity index (χ0) is 12.8. The first-order valence-electron chi connectivity index (χ1n) is 6.12. The predicted octanol–water partition coefficient (Wildman–Crippen LogP) is 1.99. The fourth-order valence-corrected chi connectivity index (χ4v) is 1.96. The summed E-state index contributed by atoms with van der Waals surface area (Å²) in [6.45, 7) is 8.11. The van der Waals surface area contributed by atoms with E-state index in [0.717, 1.165) is 37.4 Å². The second-order valence-corrected chi connectivity index (χ2v) is 4.30. The minimum atomic E-state index is 0.685. The fraction of sp³-hybridized carbons (Fsp3) is 0.267. The zero-order valence-electron chi connectivity index (χ0n) is 10.4. The first kappa shape index (κ1) is 12.4. The van der Waals surface area contributed by atoms with Crippen molar-refractivity contribution in [2.45, 2.75) is 0 Å². The molecule has 2 rings (SSSR count). The quantitative estimate of drug-likeness (QED) is 0.820. The van der Waals surface area contributed by atoms with Crippen LogP contribution in [0.3, 0.4) is 0 Å². The zero-order valence-corrected chi connectivity index (χ0v) is 10.4. The van der Waals surface area contributed by atoms with Gasteiger partial charge in [0.15, 0.2) is 0 Å². The summed E-state index contributed by atoms with van der Waals surface area (Å²) in [6.07, 6.45) is 4.02. The van der Waals surface area contributed by atoms with E-state index in [1.807, 2.05) is 36.4 Å². The van der Waals surface area contributed by atoms with E-state index in [2.05, 4.69) is 22.9 Å². The molecule has 1 heterocycles. The number of nitriles is 1. The number of allylic oxidation sites excluding steroid dienone is 1. The van der Waals surface area contributed by atoms with Crippen molar-refractivity contribution in [3.63, 3.8) is 0 Å². The Hall–Kier alpha value is -2.05. The van der Waals surface area contributed by atoms with Gasteiger partial charge in [-0.3, -0.25) is 0 Å². The molecule has 1 aliphatic rings. The van der Waals surface area contributed by atoms with Gasteiger partial charge in [-0.1, -0.05) is 24.8 Å². The maximum Gasteiger partial charge on any atom is 0.0991 e. The smallest absolute Gasteiger partial charge is 0.0991 e. The van der Waals surface area contributed by atoms with Crippen LogP contribution in [0.1, 0.15) is 11.1 Å². The molecule has 0 aromatic heterocycles. The van der Waals surface area contributed by atoms with Crippen LogP contribution in [-0.4, -0.2) is 31.1 Å². The van der Waals surface area contributed by atoms with E-state index in [1.54, 1.807) is 0 Å². The van der Waals surface area contributed by atoms with E-state index in [9.17, 15) is 0 Å². The monoisotopic (exact) mass is 239 g/mol. The van der Waals surface area contributed by atoms with Gasteiger partial charge in [-0.05, 0) is 23.8 Å². The molecule has 3 nitrogen and oxygen atoms in total. The van der Waals surface area contributed by atoms with Gasteiger partial charge in [-0.15, -0.1) is 0 Å². The Bertz CT molecular complexity index is 491. The normalized spacial score (nSPS) is 15.6. The molecular formula is C15H17N3. The predicted molar refractivity (Wildman–Crippen MR) is 73.8 cm³/mol. The van der Waals surface area contributed by atoms with Crippen molar-refractivity contribution in [1.29, 1.82) is 5.26 Å². The molecule has 0 spiro atoms. The van der Waals surface area contributed by atoms with Crippen molar-refractivity contribution in [3.8, 4) is 6.07 Å². The van der Waals surface area contributed by atoms with Crippen molar-refractivity contribution in [3.05, 3.63) is 53.7 Å². The van der Waals surface area contributed by atoms with E-state index in [1.165, 1.54) is 0 Å². The Balaban J connectivity index is 2.01. The van der Waals surface area contributed by atoms with E-state index >= 15 is 0 Å². The van der Waals surface area contributed by atoms with Crippen molar-refractivity contribution in [1.82, 2.24) is 10.2 Å². The Labute approximate surface area is 108 Å². The van der Waals surface area contributed by atoms with Crippen molar-refractivity contribution < 1.29 is 0 Å². The van der Waals surface area contributed by atoms with Crippen molar-refractivity contribution in [2.75, 3.05) is 26.2 Å². The highest BCUT2D eigenvalue weighted by molar-refractivity contribution is 5.54. The second-order valence-electron chi connectivity index (χ2n) is 4.30. The second kappa shape index (κ2) is 6.04. The molecule has 92 valence electrons. The number of rotatable bonds is 3. The van der Waals surface area contributed by atoms with Crippen molar-refractivity contribution >= 4 is 6.08 Å². The molecule has 0 aliphatic carbocycles. The molecule has 3 heteroatoms. The summed E-state index contributed by atoms with van der Waals surface area (Å²) in [5.74, 6) is 0. The Morgan fingerprint density at radius 3 is 2.89 bits per heavy atom. The first-order valence-corrected chi connectivity index (χ1v) is 6.12. The van der Waals surface area contributed by atoms with Crippen LogP contribution in [0.5, 0.6) is 0 Å². The van der Waals surface area contributed by atoms with Gasteiger partial charge in [0.1, 0.15) is 0 Å². The molecule has 0 unspecified atom stereocenters. The standard InChI is InChI=1S/C15H17N3/c1-13(18-9-7-17-8-10-18)5-6-14-3-2-4-15(11-14)12-16/h2-6,11,17H,1,7-10H2/b6-5+. The molecule has 0 radical (unpaired) electrons. The van der Waals surface area contributed by atoms with Crippen LogP contribution in [0.4, 0.5) is 0 Å². The van der Waals surface area contributed by atoms with Gasteiger partial charge in [0.25, 0.3) is 0 Å². The number of nitrogens with zero attached hydrogens (tertiary/aromatic N) is 2. The number of hydrogen-bond donors (Lipinski definition) is 1. The Morgan fingerprint density at radius 1 is 1.39 bits per heavy atom.